The first kappa shape index (κ1) is 60.9. The fourth-order valence-electron chi connectivity index (χ4n) is 7.37. The Hall–Kier alpha value is -3.15. The SMILES string of the molecule is CC/C=C\C/C=C\C/C=C\CCCCCCCCC(=O)OC(COC(=O)CCCCCCC/C=C\CCCC)COC(=O)CCCCCCCCCCCC/C=C\C=C/CCCCC. The lowest BCUT2D eigenvalue weighted by Crippen LogP contribution is -2.30. The molecule has 0 aromatic rings. The van der Waals surface area contributed by atoms with Crippen LogP contribution in [0.4, 0.5) is 0 Å². The number of hydrogen-bond acceptors (Lipinski definition) is 6. The zero-order valence-electron chi connectivity index (χ0n) is 42.0. The Morgan fingerprint density at radius 1 is 0.344 bits per heavy atom. The molecule has 0 bridgehead atoms. The van der Waals surface area contributed by atoms with Crippen molar-refractivity contribution in [2.75, 3.05) is 13.2 Å². The van der Waals surface area contributed by atoms with Gasteiger partial charge in [-0.05, 0) is 96.3 Å². The van der Waals surface area contributed by atoms with E-state index in [0.29, 0.717) is 19.3 Å². The first-order valence-electron chi connectivity index (χ1n) is 27.0. The average molecular weight is 893 g/mol. The molecule has 368 valence electrons. The number of unbranched alkanes of at least 4 members (excludes halogenated alkanes) is 26. The van der Waals surface area contributed by atoms with E-state index in [2.05, 4.69) is 93.7 Å². The maximum Gasteiger partial charge on any atom is 0.306 e. The summed E-state index contributed by atoms with van der Waals surface area (Å²) in [6.07, 6.45) is 66.0. The topological polar surface area (TPSA) is 78.9 Å². The summed E-state index contributed by atoms with van der Waals surface area (Å²) in [7, 11) is 0. The quantitative estimate of drug-likeness (QED) is 0.0199. The minimum Gasteiger partial charge on any atom is -0.462 e. The number of rotatable bonds is 48. The minimum absolute atomic E-state index is 0.0851. The number of carbonyl (C=O) groups excluding carboxylic acids is 3. The predicted molar refractivity (Wildman–Crippen MR) is 274 cm³/mol. The monoisotopic (exact) mass is 893 g/mol. The lowest BCUT2D eigenvalue weighted by atomic mass is 10.1. The average Bonchev–Trinajstić information content (AvgIpc) is 3.29. The van der Waals surface area contributed by atoms with Crippen molar-refractivity contribution in [3.8, 4) is 0 Å². The van der Waals surface area contributed by atoms with Crippen molar-refractivity contribution in [3.05, 3.63) is 72.9 Å². The van der Waals surface area contributed by atoms with E-state index in [-0.39, 0.29) is 31.1 Å². The highest BCUT2D eigenvalue weighted by atomic mass is 16.6. The van der Waals surface area contributed by atoms with Crippen molar-refractivity contribution in [1.82, 2.24) is 0 Å². The summed E-state index contributed by atoms with van der Waals surface area (Å²) in [4.78, 5) is 38.0. The molecular formula is C58H100O6. The molecule has 1 unspecified atom stereocenters. The molecule has 0 saturated heterocycles. The van der Waals surface area contributed by atoms with Crippen LogP contribution in [-0.2, 0) is 28.6 Å². The summed E-state index contributed by atoms with van der Waals surface area (Å²) in [5, 5.41) is 0. The fourth-order valence-corrected chi connectivity index (χ4v) is 7.37. The van der Waals surface area contributed by atoms with E-state index in [0.717, 1.165) is 96.3 Å². The van der Waals surface area contributed by atoms with Crippen LogP contribution in [0.15, 0.2) is 72.9 Å². The summed E-state index contributed by atoms with van der Waals surface area (Å²) in [5.74, 6) is -0.908. The summed E-state index contributed by atoms with van der Waals surface area (Å²) in [6, 6.07) is 0. The highest BCUT2D eigenvalue weighted by Gasteiger charge is 2.19. The number of hydrogen-bond donors (Lipinski definition) is 0. The number of carbonyl (C=O) groups is 3. The second kappa shape index (κ2) is 52.5. The lowest BCUT2D eigenvalue weighted by Gasteiger charge is -2.18. The van der Waals surface area contributed by atoms with Gasteiger partial charge >= 0.3 is 17.9 Å². The van der Waals surface area contributed by atoms with Gasteiger partial charge in [0.2, 0.25) is 0 Å². The molecule has 0 N–H and O–H groups in total. The van der Waals surface area contributed by atoms with Crippen LogP contribution in [0.2, 0.25) is 0 Å². The van der Waals surface area contributed by atoms with E-state index in [4.69, 9.17) is 14.2 Å². The van der Waals surface area contributed by atoms with Crippen LogP contribution in [0.25, 0.3) is 0 Å². The number of ether oxygens (including phenoxy) is 3. The van der Waals surface area contributed by atoms with Crippen LogP contribution >= 0.6 is 0 Å². The Labute approximate surface area is 395 Å². The summed E-state index contributed by atoms with van der Waals surface area (Å²) in [5.41, 5.74) is 0. The third-order valence-corrected chi connectivity index (χ3v) is 11.4. The Bertz CT molecular complexity index is 1210. The van der Waals surface area contributed by atoms with Gasteiger partial charge < -0.3 is 14.2 Å². The zero-order valence-corrected chi connectivity index (χ0v) is 42.0. The third-order valence-electron chi connectivity index (χ3n) is 11.4. The van der Waals surface area contributed by atoms with Crippen LogP contribution in [0.5, 0.6) is 0 Å². The van der Waals surface area contributed by atoms with Gasteiger partial charge in [0.25, 0.3) is 0 Å². The molecule has 0 radical (unpaired) electrons. The molecule has 0 spiro atoms. The normalized spacial score (nSPS) is 12.6. The van der Waals surface area contributed by atoms with E-state index >= 15 is 0 Å². The van der Waals surface area contributed by atoms with Gasteiger partial charge in [0.1, 0.15) is 13.2 Å². The van der Waals surface area contributed by atoms with Gasteiger partial charge in [0, 0.05) is 19.3 Å². The molecule has 0 aliphatic carbocycles. The molecule has 0 heterocycles. The molecule has 6 heteroatoms. The molecule has 0 amide bonds. The van der Waals surface area contributed by atoms with Gasteiger partial charge in [0.05, 0.1) is 0 Å². The lowest BCUT2D eigenvalue weighted by molar-refractivity contribution is -0.167. The summed E-state index contributed by atoms with van der Waals surface area (Å²) < 4.78 is 16.8. The van der Waals surface area contributed by atoms with Crippen molar-refractivity contribution >= 4 is 17.9 Å². The molecule has 1 atom stereocenters. The minimum atomic E-state index is -0.786. The molecule has 0 saturated carbocycles. The fraction of sp³-hybridized carbons (Fsp3) is 0.741. The second-order valence-electron chi connectivity index (χ2n) is 17.8. The van der Waals surface area contributed by atoms with Gasteiger partial charge in [-0.3, -0.25) is 14.4 Å². The first-order valence-corrected chi connectivity index (χ1v) is 27.0. The highest BCUT2D eigenvalue weighted by Crippen LogP contribution is 2.15. The molecule has 0 aromatic heterocycles. The van der Waals surface area contributed by atoms with Crippen molar-refractivity contribution in [2.45, 2.75) is 264 Å². The largest absolute Gasteiger partial charge is 0.462 e. The number of allylic oxidation sites excluding steroid dienone is 12. The first-order chi connectivity index (χ1) is 31.5. The Balaban J connectivity index is 4.36. The van der Waals surface area contributed by atoms with Crippen molar-refractivity contribution in [3.63, 3.8) is 0 Å². The Morgan fingerprint density at radius 2 is 0.672 bits per heavy atom. The number of esters is 3. The van der Waals surface area contributed by atoms with E-state index < -0.39 is 6.10 Å². The molecule has 0 aromatic carbocycles. The van der Waals surface area contributed by atoms with E-state index in [9.17, 15) is 14.4 Å². The smallest absolute Gasteiger partial charge is 0.306 e. The van der Waals surface area contributed by atoms with E-state index in [1.165, 1.54) is 122 Å². The highest BCUT2D eigenvalue weighted by molar-refractivity contribution is 5.71. The molecule has 0 aliphatic rings. The van der Waals surface area contributed by atoms with Gasteiger partial charge in [0.15, 0.2) is 6.10 Å². The van der Waals surface area contributed by atoms with Crippen LogP contribution in [-0.4, -0.2) is 37.2 Å². The molecule has 0 aliphatic heterocycles. The Morgan fingerprint density at radius 3 is 1.11 bits per heavy atom. The van der Waals surface area contributed by atoms with Crippen LogP contribution < -0.4 is 0 Å². The zero-order chi connectivity index (χ0) is 46.5. The maximum absolute atomic E-state index is 12.8. The summed E-state index contributed by atoms with van der Waals surface area (Å²) in [6.45, 7) is 6.45. The van der Waals surface area contributed by atoms with E-state index in [1.807, 2.05) is 0 Å². The van der Waals surface area contributed by atoms with Crippen molar-refractivity contribution in [1.29, 1.82) is 0 Å². The second-order valence-corrected chi connectivity index (χ2v) is 17.8. The molecular weight excluding hydrogens is 793 g/mol. The molecule has 6 nitrogen and oxygen atoms in total. The Kier molecular flexibility index (Phi) is 49.9. The summed E-state index contributed by atoms with van der Waals surface area (Å²) >= 11 is 0. The molecule has 0 rings (SSSR count). The standard InChI is InChI=1S/C58H100O6/c1-4-7-10-13-16-19-22-24-26-28-29-30-32-33-36-39-42-45-48-51-57(60)63-54-55(53-62-56(59)50-47-44-41-38-35-21-18-15-12-9-6-3)64-58(61)52-49-46-43-40-37-34-31-27-25-23-20-17-14-11-8-5-2/h8,11,15-20,22,24-25,27,55H,4-7,9-10,12-14,21,23,26,28-54H2,1-3H3/b11-8-,18-15-,19-16-,20-17-,24-22-,27-25-. The van der Waals surface area contributed by atoms with Gasteiger partial charge in [-0.1, -0.05) is 216 Å². The predicted octanol–water partition coefficient (Wildman–Crippen LogP) is 17.8. The van der Waals surface area contributed by atoms with Crippen LogP contribution in [0, 0.1) is 0 Å². The van der Waals surface area contributed by atoms with Gasteiger partial charge in [-0.25, -0.2) is 0 Å². The van der Waals surface area contributed by atoms with Gasteiger partial charge in [-0.15, -0.1) is 0 Å². The van der Waals surface area contributed by atoms with Crippen LogP contribution in [0.1, 0.15) is 258 Å². The van der Waals surface area contributed by atoms with Gasteiger partial charge in [-0.2, -0.15) is 0 Å². The van der Waals surface area contributed by atoms with Crippen molar-refractivity contribution in [2.24, 2.45) is 0 Å². The van der Waals surface area contributed by atoms with Crippen molar-refractivity contribution < 1.29 is 28.6 Å². The molecule has 0 fully saturated rings. The third kappa shape index (κ3) is 49.9. The van der Waals surface area contributed by atoms with Crippen LogP contribution in [0.3, 0.4) is 0 Å². The maximum atomic E-state index is 12.8. The van der Waals surface area contributed by atoms with E-state index in [1.54, 1.807) is 0 Å². The molecule has 64 heavy (non-hydrogen) atoms.